The van der Waals surface area contributed by atoms with Crippen LogP contribution in [0, 0.1) is 34.0 Å². The maximum atomic E-state index is 12.1. The Bertz CT molecular complexity index is 569. The highest BCUT2D eigenvalue weighted by molar-refractivity contribution is 5.75. The maximum Gasteiger partial charge on any atom is 0.309 e. The number of carboxylic acids is 1. The molecule has 23 heavy (non-hydrogen) atoms. The first-order chi connectivity index (χ1) is 10.7. The molecule has 0 aromatic carbocycles. The second-order valence-electron chi connectivity index (χ2n) is 9.49. The zero-order valence-electron chi connectivity index (χ0n) is 14.5. The summed E-state index contributed by atoms with van der Waals surface area (Å²) in [6, 6.07) is 0. The predicted octanol–water partition coefficient (Wildman–Crippen LogP) is 4.01. The topological polar surface area (TPSA) is 57.5 Å². The van der Waals surface area contributed by atoms with Crippen LogP contribution in [0.5, 0.6) is 0 Å². The molecule has 2 N–H and O–H groups in total. The zero-order valence-corrected chi connectivity index (χ0v) is 14.5. The largest absolute Gasteiger partial charge is 0.481 e. The fraction of sp³-hybridized carbons (Fsp3) is 0.850. The van der Waals surface area contributed by atoms with Gasteiger partial charge in [-0.1, -0.05) is 25.5 Å². The van der Waals surface area contributed by atoms with E-state index in [9.17, 15) is 15.0 Å². The Hall–Kier alpha value is -0.830. The Morgan fingerprint density at radius 1 is 1.22 bits per heavy atom. The van der Waals surface area contributed by atoms with Crippen LogP contribution >= 0.6 is 0 Å². The minimum absolute atomic E-state index is 0.0119. The molecule has 3 nitrogen and oxygen atoms in total. The second-order valence-corrected chi connectivity index (χ2v) is 9.49. The number of hydrogen-bond donors (Lipinski definition) is 2. The molecule has 4 rings (SSSR count). The van der Waals surface area contributed by atoms with Crippen LogP contribution in [-0.2, 0) is 4.79 Å². The summed E-state index contributed by atoms with van der Waals surface area (Å²) in [6.07, 6.45) is 7.57. The van der Waals surface area contributed by atoms with Crippen molar-refractivity contribution in [3.05, 3.63) is 12.2 Å². The molecule has 1 spiro atoms. The van der Waals surface area contributed by atoms with Crippen molar-refractivity contribution in [3.63, 3.8) is 0 Å². The summed E-state index contributed by atoms with van der Waals surface area (Å²) in [4.78, 5) is 12.1. The van der Waals surface area contributed by atoms with Gasteiger partial charge in [-0.3, -0.25) is 4.79 Å². The number of rotatable bonds is 1. The number of aliphatic hydroxyl groups excluding tert-OH is 1. The fourth-order valence-corrected chi connectivity index (χ4v) is 7.51. The van der Waals surface area contributed by atoms with Crippen LogP contribution in [0.2, 0.25) is 0 Å². The van der Waals surface area contributed by atoms with E-state index in [4.69, 9.17) is 0 Å². The SMILES string of the molecule is C=C1C[C@]23C[C@H]1CC[C@H]2[C@]1(C)CCC[C@@](C)(C(=O)O)[C@H]1C[C@H]3O. The molecule has 0 aliphatic heterocycles. The molecule has 128 valence electrons. The summed E-state index contributed by atoms with van der Waals surface area (Å²) in [5.41, 5.74) is 0.704. The van der Waals surface area contributed by atoms with Gasteiger partial charge in [-0.05, 0) is 75.0 Å². The highest BCUT2D eigenvalue weighted by Crippen LogP contribution is 2.72. The molecule has 3 heteroatoms. The number of carboxylic acid groups (broad SMARTS) is 1. The normalized spacial score (nSPS) is 55.2. The van der Waals surface area contributed by atoms with Gasteiger partial charge < -0.3 is 10.2 Å². The van der Waals surface area contributed by atoms with Gasteiger partial charge in [0.15, 0.2) is 0 Å². The van der Waals surface area contributed by atoms with E-state index < -0.39 is 11.4 Å². The molecule has 4 aliphatic rings. The molecule has 4 aliphatic carbocycles. The molecule has 7 atom stereocenters. The first-order valence-electron chi connectivity index (χ1n) is 9.33. The summed E-state index contributed by atoms with van der Waals surface area (Å²) in [5, 5.41) is 21.0. The molecule has 0 aromatic rings. The number of aliphatic carboxylic acids is 1. The average Bonchev–Trinajstić information content (AvgIpc) is 2.73. The van der Waals surface area contributed by atoms with E-state index in [0.29, 0.717) is 18.3 Å². The first kappa shape index (κ1) is 15.7. The Balaban J connectivity index is 1.80. The van der Waals surface area contributed by atoms with Gasteiger partial charge in [0.1, 0.15) is 0 Å². The van der Waals surface area contributed by atoms with Crippen molar-refractivity contribution in [1.82, 2.24) is 0 Å². The Labute approximate surface area is 139 Å². The lowest BCUT2D eigenvalue weighted by atomic mass is 9.40. The molecule has 4 saturated carbocycles. The van der Waals surface area contributed by atoms with E-state index in [-0.39, 0.29) is 22.9 Å². The number of carbonyl (C=O) groups is 1. The molecule has 0 heterocycles. The summed E-state index contributed by atoms with van der Waals surface area (Å²) in [5.74, 6) is 0.479. The van der Waals surface area contributed by atoms with Crippen molar-refractivity contribution in [2.24, 2.45) is 34.0 Å². The maximum absolute atomic E-state index is 12.1. The van der Waals surface area contributed by atoms with Gasteiger partial charge in [-0.2, -0.15) is 0 Å². The van der Waals surface area contributed by atoms with E-state index >= 15 is 0 Å². The van der Waals surface area contributed by atoms with E-state index in [1.165, 1.54) is 12.0 Å². The average molecular weight is 318 g/mol. The smallest absolute Gasteiger partial charge is 0.309 e. The number of aliphatic hydroxyl groups is 1. The Morgan fingerprint density at radius 2 is 1.96 bits per heavy atom. The number of allylic oxidation sites excluding steroid dienone is 1. The quantitative estimate of drug-likeness (QED) is 0.718. The monoisotopic (exact) mass is 318 g/mol. The summed E-state index contributed by atoms with van der Waals surface area (Å²) in [7, 11) is 0. The van der Waals surface area contributed by atoms with Crippen LogP contribution in [0.4, 0.5) is 0 Å². The van der Waals surface area contributed by atoms with Crippen molar-refractivity contribution in [3.8, 4) is 0 Å². The molecule has 0 saturated heterocycles. The van der Waals surface area contributed by atoms with Crippen LogP contribution in [0.15, 0.2) is 12.2 Å². The number of hydrogen-bond acceptors (Lipinski definition) is 2. The van der Waals surface area contributed by atoms with Crippen LogP contribution in [0.25, 0.3) is 0 Å². The second kappa shape index (κ2) is 4.62. The lowest BCUT2D eigenvalue weighted by Gasteiger charge is -2.64. The van der Waals surface area contributed by atoms with Gasteiger partial charge in [0.2, 0.25) is 0 Å². The Kier molecular flexibility index (Phi) is 3.15. The van der Waals surface area contributed by atoms with Gasteiger partial charge >= 0.3 is 5.97 Å². The minimum atomic E-state index is -0.679. The molecule has 2 bridgehead atoms. The van der Waals surface area contributed by atoms with Gasteiger partial charge in [0.05, 0.1) is 11.5 Å². The Morgan fingerprint density at radius 3 is 2.65 bits per heavy atom. The van der Waals surface area contributed by atoms with Crippen LogP contribution in [-0.4, -0.2) is 22.3 Å². The lowest BCUT2D eigenvalue weighted by Crippen LogP contribution is -2.62. The third-order valence-electron chi connectivity index (χ3n) is 8.64. The predicted molar refractivity (Wildman–Crippen MR) is 88.8 cm³/mol. The van der Waals surface area contributed by atoms with Gasteiger partial charge in [-0.15, -0.1) is 0 Å². The molecule has 0 radical (unpaired) electrons. The van der Waals surface area contributed by atoms with Gasteiger partial charge in [0, 0.05) is 5.41 Å². The van der Waals surface area contributed by atoms with E-state index in [2.05, 4.69) is 13.5 Å². The zero-order chi connectivity index (χ0) is 16.6. The van der Waals surface area contributed by atoms with Crippen molar-refractivity contribution in [2.45, 2.75) is 71.3 Å². The highest BCUT2D eigenvalue weighted by Gasteiger charge is 2.67. The molecule has 0 aromatic heterocycles. The van der Waals surface area contributed by atoms with Crippen molar-refractivity contribution in [1.29, 1.82) is 0 Å². The van der Waals surface area contributed by atoms with Crippen molar-refractivity contribution < 1.29 is 15.0 Å². The van der Waals surface area contributed by atoms with E-state index in [0.717, 1.165) is 38.5 Å². The molecular formula is C20H30O3. The molecule has 4 fully saturated rings. The van der Waals surface area contributed by atoms with Crippen molar-refractivity contribution >= 4 is 5.97 Å². The van der Waals surface area contributed by atoms with Gasteiger partial charge in [-0.25, -0.2) is 0 Å². The van der Waals surface area contributed by atoms with E-state index in [1.807, 2.05) is 6.92 Å². The highest BCUT2D eigenvalue weighted by atomic mass is 16.4. The fourth-order valence-electron chi connectivity index (χ4n) is 7.51. The summed E-state index contributed by atoms with van der Waals surface area (Å²) in [6.45, 7) is 8.57. The summed E-state index contributed by atoms with van der Waals surface area (Å²) >= 11 is 0. The van der Waals surface area contributed by atoms with Crippen LogP contribution in [0.1, 0.15) is 65.2 Å². The molecule has 0 unspecified atom stereocenters. The third kappa shape index (κ3) is 1.78. The standard InChI is InChI=1S/C20H30O3/c1-12-10-20-11-13(12)5-6-14(20)18(2)7-4-8-19(3,17(22)23)15(18)9-16(20)21/h13-16,21H,1,4-11H2,2-3H3,(H,22,23)/t13-,14+,15+,16-,18+,19-,20+/m1/s1. The third-order valence-corrected chi connectivity index (χ3v) is 8.64. The van der Waals surface area contributed by atoms with Crippen molar-refractivity contribution in [2.75, 3.05) is 0 Å². The summed E-state index contributed by atoms with van der Waals surface area (Å²) < 4.78 is 0. The van der Waals surface area contributed by atoms with E-state index in [1.54, 1.807) is 0 Å². The molecular weight excluding hydrogens is 288 g/mol. The first-order valence-corrected chi connectivity index (χ1v) is 9.33. The number of fused-ring (bicyclic) bond motifs is 3. The van der Waals surface area contributed by atoms with Crippen LogP contribution in [0.3, 0.4) is 0 Å². The van der Waals surface area contributed by atoms with Gasteiger partial charge in [0.25, 0.3) is 0 Å². The lowest BCUT2D eigenvalue weighted by molar-refractivity contribution is -0.208. The molecule has 0 amide bonds. The van der Waals surface area contributed by atoms with Crippen LogP contribution < -0.4 is 0 Å². The minimum Gasteiger partial charge on any atom is -0.481 e.